The molecule has 2 aliphatic heterocycles. The molecule has 1 amide bonds. The van der Waals surface area contributed by atoms with Crippen LogP contribution in [0, 0.1) is 5.41 Å². The van der Waals surface area contributed by atoms with E-state index >= 15 is 0 Å². The third-order valence-corrected chi connectivity index (χ3v) is 7.72. The quantitative estimate of drug-likeness (QED) is 0.523. The highest BCUT2D eigenvalue weighted by Crippen LogP contribution is 2.39. The molecule has 188 valence electrons. The molecule has 0 radical (unpaired) electrons. The van der Waals surface area contributed by atoms with E-state index < -0.39 is 0 Å². The van der Waals surface area contributed by atoms with Gasteiger partial charge in [0.05, 0.1) is 0 Å². The Morgan fingerprint density at radius 3 is 2.58 bits per heavy atom. The molecule has 3 aromatic rings. The highest BCUT2D eigenvalue weighted by Gasteiger charge is 2.37. The maximum Gasteiger partial charge on any atom is 0.272 e. The number of para-hydroxylation sites is 1. The topological polar surface area (TPSA) is 58.6 Å². The average molecular weight is 485 g/mol. The van der Waals surface area contributed by atoms with E-state index in [1.165, 1.54) is 24.0 Å². The Morgan fingerprint density at radius 1 is 0.917 bits per heavy atom. The second kappa shape index (κ2) is 11.7. The van der Waals surface area contributed by atoms with E-state index in [9.17, 15) is 4.79 Å². The number of fused-ring (bicyclic) bond motifs is 1. The Labute approximate surface area is 214 Å². The molecule has 6 heteroatoms. The Morgan fingerprint density at radius 2 is 1.78 bits per heavy atom. The van der Waals surface area contributed by atoms with E-state index in [-0.39, 0.29) is 11.3 Å². The van der Waals surface area contributed by atoms with E-state index in [1.807, 2.05) is 41.6 Å². The maximum atomic E-state index is 13.0. The molecule has 2 aliphatic rings. The maximum absolute atomic E-state index is 13.0. The summed E-state index contributed by atoms with van der Waals surface area (Å²) in [4.78, 5) is 26.2. The zero-order valence-corrected chi connectivity index (χ0v) is 21.0. The van der Waals surface area contributed by atoms with Crippen molar-refractivity contribution < 1.29 is 9.53 Å². The van der Waals surface area contributed by atoms with E-state index in [4.69, 9.17) is 4.74 Å². The fourth-order valence-electron chi connectivity index (χ4n) is 5.71. The first-order chi connectivity index (χ1) is 17.7. The summed E-state index contributed by atoms with van der Waals surface area (Å²) in [5.74, 6) is 1.08. The summed E-state index contributed by atoms with van der Waals surface area (Å²) in [6, 6.07) is 18.2. The van der Waals surface area contributed by atoms with Gasteiger partial charge in [-0.3, -0.25) is 19.7 Å². The summed E-state index contributed by atoms with van der Waals surface area (Å²) < 4.78 is 6.28. The van der Waals surface area contributed by atoms with Crippen LogP contribution in [0.4, 0.5) is 0 Å². The van der Waals surface area contributed by atoms with Gasteiger partial charge in [-0.1, -0.05) is 36.8 Å². The van der Waals surface area contributed by atoms with Gasteiger partial charge >= 0.3 is 0 Å². The number of rotatable bonds is 3. The number of ether oxygens (including phenoxy) is 1. The number of hydrogen-bond acceptors (Lipinski definition) is 5. The van der Waals surface area contributed by atoms with Crippen LogP contribution in [0.3, 0.4) is 0 Å². The first kappa shape index (κ1) is 24.4. The van der Waals surface area contributed by atoms with Gasteiger partial charge in [-0.2, -0.15) is 0 Å². The predicted octanol–water partition coefficient (Wildman–Crippen LogP) is 5.01. The van der Waals surface area contributed by atoms with Crippen LogP contribution in [-0.4, -0.2) is 58.5 Å². The summed E-state index contributed by atoms with van der Waals surface area (Å²) >= 11 is 0. The second-order valence-electron chi connectivity index (χ2n) is 10.2. The molecule has 0 unspecified atom stereocenters. The molecule has 0 aliphatic carbocycles. The lowest BCUT2D eigenvalue weighted by atomic mass is 9.73. The Kier molecular flexibility index (Phi) is 7.91. The van der Waals surface area contributed by atoms with Crippen molar-refractivity contribution in [2.24, 2.45) is 5.41 Å². The zero-order chi connectivity index (χ0) is 24.6. The molecule has 0 atom stereocenters. The molecule has 2 aromatic heterocycles. The van der Waals surface area contributed by atoms with E-state index in [0.717, 1.165) is 64.2 Å². The summed E-state index contributed by atoms with van der Waals surface area (Å²) in [5, 5.41) is 0. The molecule has 0 bridgehead atoms. The summed E-state index contributed by atoms with van der Waals surface area (Å²) in [6.45, 7) is 4.97. The first-order valence-corrected chi connectivity index (χ1v) is 13.2. The Balaban J connectivity index is 1.32. The molecule has 1 spiro atoms. The molecular formula is C30H36N4O2. The van der Waals surface area contributed by atoms with Gasteiger partial charge in [-0.05, 0) is 72.9 Å². The number of hydrogen-bond donors (Lipinski definition) is 0. The number of carbonyl (C=O) groups excluding carboxylic acids is 1. The number of aryl methyl sites for hydroxylation is 1. The van der Waals surface area contributed by atoms with Gasteiger partial charge in [0.25, 0.3) is 5.91 Å². The van der Waals surface area contributed by atoms with Gasteiger partial charge < -0.3 is 9.64 Å². The molecule has 1 aromatic carbocycles. The van der Waals surface area contributed by atoms with Gasteiger partial charge in [0.2, 0.25) is 0 Å². The van der Waals surface area contributed by atoms with Crippen LogP contribution in [0.2, 0.25) is 0 Å². The first-order valence-electron chi connectivity index (χ1n) is 13.2. The molecule has 6 nitrogen and oxygen atoms in total. The van der Waals surface area contributed by atoms with Crippen LogP contribution in [0.15, 0.2) is 73.2 Å². The zero-order valence-electron chi connectivity index (χ0n) is 21.0. The highest BCUT2D eigenvalue weighted by atomic mass is 16.5. The van der Waals surface area contributed by atoms with Gasteiger partial charge in [0.1, 0.15) is 18.1 Å². The number of aromatic nitrogens is 2. The molecule has 36 heavy (non-hydrogen) atoms. The highest BCUT2D eigenvalue weighted by molar-refractivity contribution is 5.92. The molecular weight excluding hydrogens is 448 g/mol. The fourth-order valence-corrected chi connectivity index (χ4v) is 5.71. The number of nitrogens with zero attached hydrogens (tertiary/aromatic N) is 4. The second-order valence-corrected chi connectivity index (χ2v) is 10.2. The van der Waals surface area contributed by atoms with Crippen molar-refractivity contribution in [2.45, 2.75) is 45.1 Å². The molecule has 0 N–H and O–H groups in total. The minimum atomic E-state index is 0.0517. The molecule has 4 heterocycles. The molecule has 1 fully saturated rings. The normalized spacial score (nSPS) is 18.9. The van der Waals surface area contributed by atoms with Crippen molar-refractivity contribution in [1.29, 1.82) is 0 Å². The monoisotopic (exact) mass is 484 g/mol. The standard InChI is InChI=1S/C30H36N4O2/c35-29(27-11-4-6-17-32-27)34-18-14-30(15-19-34)13-5-3-10-26-9-1-2-12-28(26)36-21-20-33(24-30)23-25-8-7-16-31-22-25/h1-2,4,6-9,11-12,16-17,22H,3,5,10,13-15,18-21,23-24H2. The predicted molar refractivity (Wildman–Crippen MR) is 141 cm³/mol. The van der Waals surface area contributed by atoms with Crippen molar-refractivity contribution in [3.05, 3.63) is 90.0 Å². The lowest BCUT2D eigenvalue weighted by Crippen LogP contribution is -2.48. The molecule has 1 saturated heterocycles. The van der Waals surface area contributed by atoms with E-state index in [1.54, 1.807) is 6.20 Å². The smallest absolute Gasteiger partial charge is 0.272 e. The van der Waals surface area contributed by atoms with Crippen molar-refractivity contribution in [1.82, 2.24) is 19.8 Å². The van der Waals surface area contributed by atoms with Crippen LogP contribution >= 0.6 is 0 Å². The van der Waals surface area contributed by atoms with Gasteiger partial charge in [0.15, 0.2) is 0 Å². The van der Waals surface area contributed by atoms with Gasteiger partial charge in [0, 0.05) is 51.3 Å². The lowest BCUT2D eigenvalue weighted by molar-refractivity contribution is 0.0357. The Hall–Kier alpha value is -3.25. The van der Waals surface area contributed by atoms with E-state index in [2.05, 4.69) is 45.2 Å². The summed E-state index contributed by atoms with van der Waals surface area (Å²) in [6.07, 6.45) is 12.1. The van der Waals surface area contributed by atoms with Gasteiger partial charge in [-0.15, -0.1) is 0 Å². The lowest BCUT2D eigenvalue weighted by Gasteiger charge is -2.45. The molecule has 5 rings (SSSR count). The summed E-state index contributed by atoms with van der Waals surface area (Å²) in [7, 11) is 0. The van der Waals surface area contributed by atoms with Crippen molar-refractivity contribution in [2.75, 3.05) is 32.8 Å². The number of benzene rings is 1. The SMILES string of the molecule is O=C(c1ccccn1)N1CCC2(CCCCc3ccccc3OCCN(Cc3cccnc3)C2)CC1. The van der Waals surface area contributed by atoms with Crippen molar-refractivity contribution in [3.63, 3.8) is 0 Å². The van der Waals surface area contributed by atoms with Crippen LogP contribution in [-0.2, 0) is 13.0 Å². The number of carbonyl (C=O) groups is 1. The van der Waals surface area contributed by atoms with Crippen molar-refractivity contribution >= 4 is 5.91 Å². The van der Waals surface area contributed by atoms with Crippen molar-refractivity contribution in [3.8, 4) is 5.75 Å². The van der Waals surface area contributed by atoms with Crippen LogP contribution < -0.4 is 4.74 Å². The molecule has 0 saturated carbocycles. The third-order valence-electron chi connectivity index (χ3n) is 7.72. The number of pyridine rings is 2. The number of likely N-dealkylation sites (tertiary alicyclic amines) is 1. The average Bonchev–Trinajstić information content (AvgIpc) is 2.92. The number of amides is 1. The van der Waals surface area contributed by atoms with Crippen LogP contribution in [0.25, 0.3) is 0 Å². The van der Waals surface area contributed by atoms with Gasteiger partial charge in [-0.25, -0.2) is 0 Å². The van der Waals surface area contributed by atoms with Crippen LogP contribution in [0.1, 0.15) is 53.7 Å². The van der Waals surface area contributed by atoms with Crippen LogP contribution in [0.5, 0.6) is 5.75 Å². The number of piperidine rings is 1. The minimum absolute atomic E-state index is 0.0517. The fraction of sp³-hybridized carbons (Fsp3) is 0.433. The minimum Gasteiger partial charge on any atom is -0.492 e. The van der Waals surface area contributed by atoms with E-state index in [0.29, 0.717) is 12.3 Å². The largest absolute Gasteiger partial charge is 0.492 e. The summed E-state index contributed by atoms with van der Waals surface area (Å²) in [5.41, 5.74) is 3.27. The Bertz CT molecular complexity index is 1110. The third kappa shape index (κ3) is 6.11.